The maximum Gasteiger partial charge on any atom is 0.338 e. The summed E-state index contributed by atoms with van der Waals surface area (Å²) in [7, 11) is 0. The van der Waals surface area contributed by atoms with E-state index in [1.807, 2.05) is 27.7 Å². The van der Waals surface area contributed by atoms with Crippen LogP contribution in [-0.4, -0.2) is 177 Å². The Labute approximate surface area is 449 Å². The van der Waals surface area contributed by atoms with E-state index in [9.17, 15) is 53.4 Å². The van der Waals surface area contributed by atoms with Crippen LogP contribution in [0.4, 0.5) is 0 Å². The van der Waals surface area contributed by atoms with Gasteiger partial charge in [-0.1, -0.05) is 39.8 Å². The summed E-state index contributed by atoms with van der Waals surface area (Å²) in [6, 6.07) is -3.82. The lowest BCUT2D eigenvalue weighted by Gasteiger charge is -2.34. The standard InChI is InChI=1S/C51H82N15O11/c1-28(2)25-35(61-41(68)30(5)59-42(69)33(52)11-6-20-57-50(53)54)47(74)66-24-10-15-40(66)48(75)65-23-9-14-39(65)45(72)62-36(26-29(3)4)46(73)64-22-8-13-38(64)44(71)60-34(12-7-21-58-51(55)56)43(70)63-37(49(76)77)27-31-16-18-32(67)19-17-31/h16-19,27-30,33-40,67H,6-15,20-26,52H2,1-5H3,(H,59,69)(H,60,71)(H,61,68)(H,62,72)(H,63,70)(H,76,77)(H4,53,54,57)(H4,55,56,58)/q-1/p+3/t30-,33-,34-,35-,36-,37-,38-,39-,40-/m0/s1. The average molecular weight is 1080 g/mol. The van der Waals surface area contributed by atoms with Crippen LogP contribution in [0.1, 0.15) is 117 Å². The lowest BCUT2D eigenvalue weighted by molar-refractivity contribution is -0.463. The summed E-state index contributed by atoms with van der Waals surface area (Å²) in [5.74, 6) is -6.02. The molecule has 26 heteroatoms. The van der Waals surface area contributed by atoms with Gasteiger partial charge in [0.25, 0.3) is 5.91 Å². The van der Waals surface area contributed by atoms with Crippen LogP contribution in [0.25, 0.3) is 0 Å². The molecule has 3 fully saturated rings. The van der Waals surface area contributed by atoms with Crippen LogP contribution in [0.15, 0.2) is 24.3 Å². The van der Waals surface area contributed by atoms with E-state index in [4.69, 9.17) is 22.9 Å². The van der Waals surface area contributed by atoms with Crippen molar-refractivity contribution in [1.29, 1.82) is 0 Å². The number of phenols is 1. The van der Waals surface area contributed by atoms with Crippen molar-refractivity contribution in [2.45, 2.75) is 166 Å². The van der Waals surface area contributed by atoms with Crippen molar-refractivity contribution in [2.75, 3.05) is 32.7 Å². The molecule has 9 atom stereocenters. The summed E-state index contributed by atoms with van der Waals surface area (Å²) < 4.78 is 0. The number of amides is 8. The number of aliphatic carboxylic acids is 1. The van der Waals surface area contributed by atoms with Gasteiger partial charge in [-0.3, -0.25) is 76.1 Å². The van der Waals surface area contributed by atoms with Crippen LogP contribution >= 0.6 is 0 Å². The van der Waals surface area contributed by atoms with Gasteiger partial charge >= 0.3 is 17.9 Å². The molecular weight excluding hydrogens is 999 g/mol. The molecule has 428 valence electrons. The second-order valence-electron chi connectivity index (χ2n) is 21.1. The molecule has 0 radical (unpaired) electrons. The number of carbonyl (C=O) groups is 9. The van der Waals surface area contributed by atoms with E-state index in [0.717, 1.165) is 0 Å². The minimum absolute atomic E-state index is 0.0266. The number of nitrogens with two attached hydrogens (primary N) is 4. The zero-order chi connectivity index (χ0) is 57.1. The number of benzene rings is 1. The van der Waals surface area contributed by atoms with Gasteiger partial charge in [0.1, 0.15) is 48.3 Å². The Balaban J connectivity index is 1.45. The molecule has 3 heterocycles. The van der Waals surface area contributed by atoms with Crippen molar-refractivity contribution < 1.29 is 69.1 Å². The lowest BCUT2D eigenvalue weighted by Crippen LogP contribution is -2.78. The van der Waals surface area contributed by atoms with Crippen LogP contribution < -0.4 is 65.2 Å². The Morgan fingerprint density at radius 2 is 1.09 bits per heavy atom. The summed E-state index contributed by atoms with van der Waals surface area (Å²) in [5, 5.41) is 33.2. The van der Waals surface area contributed by atoms with E-state index < -0.39 is 108 Å². The smallest absolute Gasteiger partial charge is 0.338 e. The lowest BCUT2D eigenvalue weighted by atomic mass is 10.0. The maximum atomic E-state index is 14.6. The number of quaternary nitrogens is 1. The molecule has 20 N–H and O–H groups in total. The quantitative estimate of drug-likeness (QED) is 0.0161. The molecule has 4 rings (SSSR count). The number of nitrogens with zero attached hydrogens (tertiary/aromatic N) is 3. The van der Waals surface area contributed by atoms with Crippen molar-refractivity contribution in [3.8, 4) is 5.75 Å². The van der Waals surface area contributed by atoms with Crippen molar-refractivity contribution in [3.63, 3.8) is 0 Å². The van der Waals surface area contributed by atoms with Gasteiger partial charge in [-0.15, -0.1) is 0 Å². The van der Waals surface area contributed by atoms with Gasteiger partial charge in [0.05, 0.1) is 18.8 Å². The highest BCUT2D eigenvalue weighted by Gasteiger charge is 2.45. The fourth-order valence-electron chi connectivity index (χ4n) is 9.83. The van der Waals surface area contributed by atoms with Gasteiger partial charge in [0, 0.05) is 26.1 Å². The van der Waals surface area contributed by atoms with Crippen LogP contribution in [0, 0.1) is 18.3 Å². The topological polar surface area (TPSA) is 424 Å². The first kappa shape index (κ1) is 62.2. The van der Waals surface area contributed by atoms with Gasteiger partial charge in [-0.05, 0) is 89.4 Å². The summed E-state index contributed by atoms with van der Waals surface area (Å²) >= 11 is 0. The normalized spacial score (nSPS) is 19.5. The first-order chi connectivity index (χ1) is 36.4. The molecule has 0 bridgehead atoms. The Morgan fingerprint density at radius 3 is 1.61 bits per heavy atom. The summed E-state index contributed by atoms with van der Waals surface area (Å²) in [5.41, 5.74) is 26.2. The molecule has 0 aliphatic carbocycles. The second kappa shape index (κ2) is 29.8. The molecule has 0 spiro atoms. The number of aromatic hydroxyl groups is 1. The summed E-state index contributed by atoms with van der Waals surface area (Å²) in [6.07, 6.45) is 5.24. The van der Waals surface area contributed by atoms with Gasteiger partial charge in [-0.2, -0.15) is 24.1 Å². The molecule has 8 amide bonds. The molecule has 77 heavy (non-hydrogen) atoms. The molecule has 1 aromatic carbocycles. The maximum absolute atomic E-state index is 14.6. The molecule has 0 saturated carbocycles. The van der Waals surface area contributed by atoms with E-state index >= 15 is 0 Å². The number of hydrogen-bond donors (Lipinski definition) is 14. The molecule has 3 saturated heterocycles. The highest BCUT2D eigenvalue weighted by atomic mass is 16.4. The van der Waals surface area contributed by atoms with E-state index in [1.165, 1.54) is 52.3 Å². The third kappa shape index (κ3) is 19.0. The third-order valence-electron chi connectivity index (χ3n) is 13.8. The van der Waals surface area contributed by atoms with E-state index in [0.29, 0.717) is 57.1 Å². The number of carboxylic acids is 1. The number of nitrogens with one attached hydrogen (secondary N) is 7. The molecule has 0 aromatic heterocycles. The monoisotopic (exact) mass is 1080 g/mol. The van der Waals surface area contributed by atoms with Crippen LogP contribution in [0.3, 0.4) is 0 Å². The molecular formula is C51H85N15O11+2. The minimum Gasteiger partial charge on any atom is -0.510 e. The molecule has 26 nitrogen and oxygen atoms in total. The van der Waals surface area contributed by atoms with E-state index in [-0.39, 0.29) is 87.8 Å². The second-order valence-corrected chi connectivity index (χ2v) is 21.1. The van der Waals surface area contributed by atoms with Gasteiger partial charge in [0.15, 0.2) is 6.04 Å². The zero-order valence-electron chi connectivity index (χ0n) is 45.2. The van der Waals surface area contributed by atoms with Crippen LogP contribution in [0.5, 0.6) is 5.75 Å². The minimum atomic E-state index is -1.51. The zero-order valence-corrected chi connectivity index (χ0v) is 45.2. The first-order valence-corrected chi connectivity index (χ1v) is 26.7. The predicted molar refractivity (Wildman–Crippen MR) is 281 cm³/mol. The highest BCUT2D eigenvalue weighted by Crippen LogP contribution is 2.28. The van der Waals surface area contributed by atoms with Crippen LogP contribution in [-0.2, 0) is 43.2 Å². The Bertz CT molecular complexity index is 2290. The fraction of sp³-hybridized carbons (Fsp3) is 0.647. The van der Waals surface area contributed by atoms with Crippen molar-refractivity contribution >= 4 is 65.1 Å². The van der Waals surface area contributed by atoms with E-state index in [1.54, 1.807) is 0 Å². The molecule has 0 unspecified atom stereocenters. The highest BCUT2D eigenvalue weighted by molar-refractivity contribution is 5.98. The van der Waals surface area contributed by atoms with Crippen molar-refractivity contribution in [2.24, 2.45) is 34.8 Å². The number of carboxylic acid groups (broad SMARTS) is 1. The summed E-state index contributed by atoms with van der Waals surface area (Å²) in [6.45, 7) is 10.4. The van der Waals surface area contributed by atoms with Gasteiger partial charge in [0.2, 0.25) is 41.4 Å². The van der Waals surface area contributed by atoms with Gasteiger partial charge < -0.3 is 57.2 Å². The first-order valence-electron chi connectivity index (χ1n) is 26.7. The predicted octanol–water partition coefficient (Wildman–Crippen LogP) is -6.58. The Hall–Kier alpha value is -7.38. The molecule has 3 aliphatic heterocycles. The van der Waals surface area contributed by atoms with Crippen LogP contribution in [0.2, 0.25) is 0 Å². The SMILES string of the molecule is CC(C)C[C@H](NC(=O)[C@@H]1CCCN1C(=O)[C@@H]1CCCN1C(=O)[C@H](CC(C)C)NC(=O)[C@H](C)NC(=O)[C@@H]([NH3+])CCC[NH+]=C(N)N)C(=O)N1CCC[C@H]1C(=O)N[C@@H](CCC[NH+]=C(N)N)C(=O)N[C@@H]([CH-]c1ccc(O)cc1)C(=O)O. The third-order valence-corrected chi connectivity index (χ3v) is 13.8. The summed E-state index contributed by atoms with van der Waals surface area (Å²) in [4.78, 5) is 134. The van der Waals surface area contributed by atoms with E-state index in [2.05, 4.69) is 42.3 Å². The molecule has 1 aromatic rings. The number of guanidine groups is 2. The fourth-order valence-corrected chi connectivity index (χ4v) is 9.83. The Morgan fingerprint density at radius 1 is 0.623 bits per heavy atom. The number of carbonyl (C=O) groups excluding carboxylic acids is 8. The average Bonchev–Trinajstić information content (AvgIpc) is 4.18. The molecule has 3 aliphatic rings. The number of phenolic OH excluding ortho intramolecular Hbond substituents is 1. The largest absolute Gasteiger partial charge is 0.510 e. The van der Waals surface area contributed by atoms with Gasteiger partial charge in [-0.25, -0.2) is 0 Å². The number of hydrogen-bond acceptors (Lipinski definition) is 10. The Kier molecular flexibility index (Phi) is 24.1. The number of rotatable bonds is 28. The van der Waals surface area contributed by atoms with Crippen molar-refractivity contribution in [1.82, 2.24) is 41.3 Å². The number of likely N-dealkylation sites (tertiary alicyclic amines) is 3. The van der Waals surface area contributed by atoms with Crippen molar-refractivity contribution in [3.05, 3.63) is 36.2 Å².